The summed E-state index contributed by atoms with van der Waals surface area (Å²) in [6, 6.07) is 7.03. The number of likely N-dealkylation sites (tertiary alicyclic amines) is 1. The topological polar surface area (TPSA) is 76.1 Å². The SMILES string of the molecule is COCCOc1ccccc1C(=O)N1CC(C)CC(C(=O)O)C1. The van der Waals surface area contributed by atoms with Crippen LogP contribution < -0.4 is 4.74 Å². The maximum Gasteiger partial charge on any atom is 0.308 e. The number of hydrogen-bond donors (Lipinski definition) is 1. The molecule has 1 amide bonds. The van der Waals surface area contributed by atoms with Crippen molar-refractivity contribution in [2.45, 2.75) is 13.3 Å². The molecule has 0 spiro atoms. The highest BCUT2D eigenvalue weighted by atomic mass is 16.5. The number of methoxy groups -OCH3 is 1. The highest BCUT2D eigenvalue weighted by molar-refractivity contribution is 5.97. The summed E-state index contributed by atoms with van der Waals surface area (Å²) in [5.41, 5.74) is 0.460. The van der Waals surface area contributed by atoms with Gasteiger partial charge in [0.05, 0.1) is 18.1 Å². The number of carbonyl (C=O) groups is 2. The van der Waals surface area contributed by atoms with Gasteiger partial charge in [-0.1, -0.05) is 19.1 Å². The Balaban J connectivity index is 2.14. The van der Waals surface area contributed by atoms with Crippen molar-refractivity contribution in [2.75, 3.05) is 33.4 Å². The molecular weight excluding hydrogens is 298 g/mol. The van der Waals surface area contributed by atoms with Crippen LogP contribution in [0, 0.1) is 11.8 Å². The Bertz CT molecular complexity index is 560. The number of ether oxygens (including phenoxy) is 2. The van der Waals surface area contributed by atoms with Crippen LogP contribution >= 0.6 is 0 Å². The first-order valence-corrected chi connectivity index (χ1v) is 7.75. The summed E-state index contributed by atoms with van der Waals surface area (Å²) in [7, 11) is 1.58. The van der Waals surface area contributed by atoms with Crippen LogP contribution in [-0.2, 0) is 9.53 Å². The van der Waals surface area contributed by atoms with Gasteiger partial charge in [0.1, 0.15) is 12.4 Å². The van der Waals surface area contributed by atoms with Crippen molar-refractivity contribution >= 4 is 11.9 Å². The maximum absolute atomic E-state index is 12.8. The van der Waals surface area contributed by atoms with Crippen LogP contribution in [0.5, 0.6) is 5.75 Å². The summed E-state index contributed by atoms with van der Waals surface area (Å²) >= 11 is 0. The normalized spacial score (nSPS) is 21.0. The Labute approximate surface area is 136 Å². The van der Waals surface area contributed by atoms with Gasteiger partial charge in [-0.2, -0.15) is 0 Å². The average Bonchev–Trinajstić information content (AvgIpc) is 2.54. The van der Waals surface area contributed by atoms with Gasteiger partial charge in [0, 0.05) is 20.2 Å². The van der Waals surface area contributed by atoms with Crippen molar-refractivity contribution in [2.24, 2.45) is 11.8 Å². The molecule has 1 saturated heterocycles. The van der Waals surface area contributed by atoms with Crippen LogP contribution in [0.1, 0.15) is 23.7 Å². The molecule has 1 aromatic carbocycles. The van der Waals surface area contributed by atoms with E-state index in [0.717, 1.165) is 0 Å². The van der Waals surface area contributed by atoms with E-state index in [9.17, 15) is 14.7 Å². The number of carboxylic acid groups (broad SMARTS) is 1. The molecule has 1 aliphatic heterocycles. The van der Waals surface area contributed by atoms with Crippen LogP contribution in [0.15, 0.2) is 24.3 Å². The van der Waals surface area contributed by atoms with Crippen molar-refractivity contribution in [3.8, 4) is 5.75 Å². The van der Waals surface area contributed by atoms with Crippen LogP contribution in [0.3, 0.4) is 0 Å². The third-order valence-electron chi connectivity index (χ3n) is 3.96. The third-order valence-corrected chi connectivity index (χ3v) is 3.96. The first-order chi connectivity index (χ1) is 11.0. The number of piperidine rings is 1. The van der Waals surface area contributed by atoms with Crippen molar-refractivity contribution in [1.29, 1.82) is 0 Å². The Kier molecular flexibility index (Phi) is 5.98. The predicted octanol–water partition coefficient (Wildman–Crippen LogP) is 1.89. The number of carbonyl (C=O) groups excluding carboxylic acids is 1. The number of nitrogens with zero attached hydrogens (tertiary/aromatic N) is 1. The number of aliphatic carboxylic acids is 1. The Morgan fingerprint density at radius 2 is 2.00 bits per heavy atom. The van der Waals surface area contributed by atoms with E-state index >= 15 is 0 Å². The minimum Gasteiger partial charge on any atom is -0.490 e. The number of carboxylic acids is 1. The second kappa shape index (κ2) is 7.97. The molecule has 1 aliphatic rings. The lowest BCUT2D eigenvalue weighted by atomic mass is 9.90. The summed E-state index contributed by atoms with van der Waals surface area (Å²) in [6.07, 6.45) is 0.602. The minimum absolute atomic E-state index is 0.162. The molecule has 126 valence electrons. The van der Waals surface area contributed by atoms with Crippen molar-refractivity contribution in [3.05, 3.63) is 29.8 Å². The molecule has 2 rings (SSSR count). The van der Waals surface area contributed by atoms with E-state index in [-0.39, 0.29) is 18.4 Å². The first-order valence-electron chi connectivity index (χ1n) is 7.75. The van der Waals surface area contributed by atoms with Crippen molar-refractivity contribution < 1.29 is 24.2 Å². The minimum atomic E-state index is -0.848. The Morgan fingerprint density at radius 3 is 2.70 bits per heavy atom. The van der Waals surface area contributed by atoms with Gasteiger partial charge in [-0.25, -0.2) is 0 Å². The molecular formula is C17H23NO5. The summed E-state index contributed by atoms with van der Waals surface area (Å²) in [5, 5.41) is 9.25. The molecule has 0 bridgehead atoms. The van der Waals surface area contributed by atoms with E-state index in [1.54, 1.807) is 36.3 Å². The van der Waals surface area contributed by atoms with Crippen molar-refractivity contribution in [1.82, 2.24) is 4.90 Å². The molecule has 1 fully saturated rings. The number of para-hydroxylation sites is 1. The molecule has 1 aromatic rings. The molecule has 2 atom stereocenters. The predicted molar refractivity (Wildman–Crippen MR) is 84.6 cm³/mol. The van der Waals surface area contributed by atoms with Crippen LogP contribution in [0.25, 0.3) is 0 Å². The lowest BCUT2D eigenvalue weighted by Gasteiger charge is -2.35. The second-order valence-corrected chi connectivity index (χ2v) is 5.92. The highest BCUT2D eigenvalue weighted by Gasteiger charge is 2.33. The van der Waals surface area contributed by atoms with Gasteiger partial charge in [-0.15, -0.1) is 0 Å². The van der Waals surface area contributed by atoms with Crippen LogP contribution in [-0.4, -0.2) is 55.3 Å². The van der Waals surface area contributed by atoms with Gasteiger partial charge in [-0.3, -0.25) is 9.59 Å². The summed E-state index contributed by atoms with van der Waals surface area (Å²) in [4.78, 5) is 25.7. The molecule has 6 nitrogen and oxygen atoms in total. The zero-order valence-corrected chi connectivity index (χ0v) is 13.5. The summed E-state index contributed by atoms with van der Waals surface area (Å²) < 4.78 is 10.6. The van der Waals surface area contributed by atoms with Gasteiger partial charge in [0.15, 0.2) is 0 Å². The maximum atomic E-state index is 12.8. The fourth-order valence-electron chi connectivity index (χ4n) is 2.87. The van der Waals surface area contributed by atoms with E-state index in [2.05, 4.69) is 0 Å². The molecule has 1 heterocycles. The largest absolute Gasteiger partial charge is 0.490 e. The van der Waals surface area contributed by atoms with Crippen LogP contribution in [0.4, 0.5) is 0 Å². The monoisotopic (exact) mass is 321 g/mol. The number of amides is 1. The molecule has 0 radical (unpaired) electrons. The van der Waals surface area contributed by atoms with E-state index in [0.29, 0.717) is 37.5 Å². The number of hydrogen-bond acceptors (Lipinski definition) is 4. The highest BCUT2D eigenvalue weighted by Crippen LogP contribution is 2.26. The van der Waals surface area contributed by atoms with Gasteiger partial charge in [-0.05, 0) is 24.5 Å². The fraction of sp³-hybridized carbons (Fsp3) is 0.529. The first kappa shape index (κ1) is 17.3. The van der Waals surface area contributed by atoms with Gasteiger partial charge in [0.2, 0.25) is 0 Å². The molecule has 23 heavy (non-hydrogen) atoms. The molecule has 0 saturated carbocycles. The standard InChI is InChI=1S/C17H23NO5/c1-12-9-13(17(20)21)11-18(10-12)16(19)14-5-3-4-6-15(14)23-8-7-22-2/h3-6,12-13H,7-11H2,1-2H3,(H,20,21). The zero-order valence-electron chi connectivity index (χ0n) is 13.5. The lowest BCUT2D eigenvalue weighted by molar-refractivity contribution is -0.143. The van der Waals surface area contributed by atoms with Crippen LogP contribution in [0.2, 0.25) is 0 Å². The average molecular weight is 321 g/mol. The van der Waals surface area contributed by atoms with E-state index in [1.807, 2.05) is 6.92 Å². The molecule has 2 unspecified atom stereocenters. The fourth-order valence-corrected chi connectivity index (χ4v) is 2.87. The quantitative estimate of drug-likeness (QED) is 0.810. The third kappa shape index (κ3) is 4.45. The van der Waals surface area contributed by atoms with Gasteiger partial charge in [0.25, 0.3) is 5.91 Å². The van der Waals surface area contributed by atoms with Gasteiger partial charge < -0.3 is 19.5 Å². The Hall–Kier alpha value is -2.08. The summed E-state index contributed by atoms with van der Waals surface area (Å²) in [5.74, 6) is -0.880. The second-order valence-electron chi connectivity index (χ2n) is 5.92. The van der Waals surface area contributed by atoms with E-state index < -0.39 is 11.9 Å². The van der Waals surface area contributed by atoms with E-state index in [4.69, 9.17) is 9.47 Å². The number of benzene rings is 1. The van der Waals surface area contributed by atoms with Gasteiger partial charge >= 0.3 is 5.97 Å². The smallest absolute Gasteiger partial charge is 0.308 e. The molecule has 1 N–H and O–H groups in total. The lowest BCUT2D eigenvalue weighted by Crippen LogP contribution is -2.45. The zero-order chi connectivity index (χ0) is 16.8. The number of rotatable bonds is 6. The molecule has 6 heteroatoms. The van der Waals surface area contributed by atoms with E-state index in [1.165, 1.54) is 0 Å². The molecule has 0 aliphatic carbocycles. The van der Waals surface area contributed by atoms with Crippen molar-refractivity contribution in [3.63, 3.8) is 0 Å². The Morgan fingerprint density at radius 1 is 1.26 bits per heavy atom. The molecule has 0 aromatic heterocycles. The summed E-state index contributed by atoms with van der Waals surface area (Å²) in [6.45, 7) is 3.57.